The Bertz CT molecular complexity index is 394. The van der Waals surface area contributed by atoms with Crippen molar-refractivity contribution in [2.45, 2.75) is 32.3 Å². The summed E-state index contributed by atoms with van der Waals surface area (Å²) in [7, 11) is 1.86. The largest absolute Gasteiger partial charge is 0.391 e. The highest BCUT2D eigenvalue weighted by Crippen LogP contribution is 2.23. The molecule has 1 aliphatic rings. The summed E-state index contributed by atoms with van der Waals surface area (Å²) in [6, 6.07) is 1.93. The molecule has 1 fully saturated rings. The Morgan fingerprint density at radius 2 is 2.24 bits per heavy atom. The number of nitrogens with zero attached hydrogens (tertiary/aromatic N) is 3. The topological polar surface area (TPSA) is 61.3 Å². The number of aliphatic hydroxyl groups is 1. The lowest BCUT2D eigenvalue weighted by Gasteiger charge is -2.19. The van der Waals surface area contributed by atoms with Gasteiger partial charge in [0.1, 0.15) is 17.5 Å². The summed E-state index contributed by atoms with van der Waals surface area (Å²) >= 11 is 0. The zero-order chi connectivity index (χ0) is 12.4. The van der Waals surface area contributed by atoms with Crippen LogP contribution in [0.3, 0.4) is 0 Å². The van der Waals surface area contributed by atoms with Crippen LogP contribution in [0.5, 0.6) is 0 Å². The third-order valence-electron chi connectivity index (χ3n) is 2.99. The fraction of sp³-hybridized carbons (Fsp3) is 0.667. The van der Waals surface area contributed by atoms with Crippen molar-refractivity contribution >= 4 is 11.6 Å². The van der Waals surface area contributed by atoms with Crippen LogP contribution in [0.15, 0.2) is 6.07 Å². The maximum absolute atomic E-state index is 9.57. The van der Waals surface area contributed by atoms with Crippen LogP contribution >= 0.6 is 0 Å². The Morgan fingerprint density at radius 1 is 1.47 bits per heavy atom. The van der Waals surface area contributed by atoms with Crippen LogP contribution < -0.4 is 10.2 Å². The van der Waals surface area contributed by atoms with Crippen LogP contribution in [0, 0.1) is 0 Å². The average molecular weight is 236 g/mol. The molecule has 0 saturated carbocycles. The van der Waals surface area contributed by atoms with Crippen molar-refractivity contribution < 1.29 is 5.11 Å². The molecule has 2 heterocycles. The highest BCUT2D eigenvalue weighted by molar-refractivity contribution is 5.50. The van der Waals surface area contributed by atoms with Crippen molar-refractivity contribution in [2.75, 3.05) is 30.4 Å². The van der Waals surface area contributed by atoms with Gasteiger partial charge in [0, 0.05) is 32.1 Å². The van der Waals surface area contributed by atoms with Gasteiger partial charge in [0.05, 0.1) is 6.10 Å². The first-order valence-electron chi connectivity index (χ1n) is 6.10. The molecular formula is C12H20N4O. The smallest absolute Gasteiger partial charge is 0.135 e. The number of rotatable bonds is 3. The van der Waals surface area contributed by atoms with Crippen LogP contribution in [0.4, 0.5) is 11.6 Å². The average Bonchev–Trinajstić information content (AvgIpc) is 2.75. The van der Waals surface area contributed by atoms with Gasteiger partial charge in [-0.1, -0.05) is 13.8 Å². The molecule has 5 nitrogen and oxygen atoms in total. The Kier molecular flexibility index (Phi) is 3.47. The summed E-state index contributed by atoms with van der Waals surface area (Å²) in [5.74, 6) is 2.88. The Hall–Kier alpha value is -1.36. The maximum Gasteiger partial charge on any atom is 0.135 e. The number of nitrogens with one attached hydrogen (secondary N) is 1. The summed E-state index contributed by atoms with van der Waals surface area (Å²) in [5.41, 5.74) is 0. The van der Waals surface area contributed by atoms with E-state index < -0.39 is 0 Å². The molecule has 5 heteroatoms. The molecule has 1 saturated heterocycles. The molecule has 0 aliphatic carbocycles. The van der Waals surface area contributed by atoms with E-state index in [1.807, 2.05) is 13.1 Å². The number of hydrogen-bond donors (Lipinski definition) is 2. The standard InChI is InChI=1S/C12H20N4O/c1-8(2)12-14-10(13-3)6-11(15-12)16-5-4-9(17)7-16/h6,8-9,17H,4-5,7H2,1-3H3,(H,13,14,15). The Morgan fingerprint density at radius 3 is 2.76 bits per heavy atom. The zero-order valence-electron chi connectivity index (χ0n) is 10.6. The summed E-state index contributed by atoms with van der Waals surface area (Å²) in [5, 5.41) is 12.6. The highest BCUT2D eigenvalue weighted by atomic mass is 16.3. The third kappa shape index (κ3) is 2.66. The van der Waals surface area contributed by atoms with Gasteiger partial charge in [0.25, 0.3) is 0 Å². The maximum atomic E-state index is 9.57. The molecule has 2 N–H and O–H groups in total. The Labute approximate surface area is 102 Å². The highest BCUT2D eigenvalue weighted by Gasteiger charge is 2.22. The van der Waals surface area contributed by atoms with E-state index in [4.69, 9.17) is 0 Å². The van der Waals surface area contributed by atoms with Gasteiger partial charge in [-0.3, -0.25) is 0 Å². The first-order chi connectivity index (χ1) is 8.10. The molecule has 1 unspecified atom stereocenters. The van der Waals surface area contributed by atoms with Gasteiger partial charge < -0.3 is 15.3 Å². The minimum Gasteiger partial charge on any atom is -0.391 e. The van der Waals surface area contributed by atoms with E-state index in [0.29, 0.717) is 12.5 Å². The number of β-amino-alcohol motifs (C(OH)–C–C–N with tert-alkyl or cyclic N) is 1. The molecule has 0 amide bonds. The second-order valence-corrected chi connectivity index (χ2v) is 4.76. The van der Waals surface area contributed by atoms with Crippen molar-refractivity contribution in [3.63, 3.8) is 0 Å². The molecule has 94 valence electrons. The number of aromatic nitrogens is 2. The number of aliphatic hydroxyl groups excluding tert-OH is 1. The summed E-state index contributed by atoms with van der Waals surface area (Å²) in [6.07, 6.45) is 0.584. The fourth-order valence-electron chi connectivity index (χ4n) is 1.95. The molecule has 1 aromatic rings. The third-order valence-corrected chi connectivity index (χ3v) is 2.99. The monoisotopic (exact) mass is 236 g/mol. The van der Waals surface area contributed by atoms with Gasteiger partial charge in [-0.15, -0.1) is 0 Å². The van der Waals surface area contributed by atoms with Crippen LogP contribution in [0.25, 0.3) is 0 Å². The Balaban J connectivity index is 2.29. The first-order valence-corrected chi connectivity index (χ1v) is 6.10. The predicted octanol–water partition coefficient (Wildman–Crippen LogP) is 1.21. The van der Waals surface area contributed by atoms with Crippen LogP contribution in [-0.2, 0) is 0 Å². The lowest BCUT2D eigenvalue weighted by molar-refractivity contribution is 0.198. The van der Waals surface area contributed by atoms with E-state index in [1.165, 1.54) is 0 Å². The molecule has 1 aromatic heterocycles. The van der Waals surface area contributed by atoms with Gasteiger partial charge in [0.15, 0.2) is 0 Å². The number of hydrogen-bond acceptors (Lipinski definition) is 5. The van der Waals surface area contributed by atoms with Crippen LogP contribution in [-0.4, -0.2) is 41.3 Å². The normalized spacial score (nSPS) is 20.1. The van der Waals surface area contributed by atoms with E-state index in [0.717, 1.165) is 30.4 Å². The van der Waals surface area contributed by atoms with E-state index in [9.17, 15) is 5.11 Å². The predicted molar refractivity (Wildman–Crippen MR) is 68.5 cm³/mol. The SMILES string of the molecule is CNc1cc(N2CCC(O)C2)nc(C(C)C)n1. The second kappa shape index (κ2) is 4.87. The van der Waals surface area contributed by atoms with E-state index in [-0.39, 0.29) is 6.10 Å². The van der Waals surface area contributed by atoms with E-state index in [2.05, 4.69) is 34.0 Å². The lowest BCUT2D eigenvalue weighted by atomic mass is 10.2. The second-order valence-electron chi connectivity index (χ2n) is 4.76. The number of anilines is 2. The van der Waals surface area contributed by atoms with Crippen molar-refractivity contribution in [3.05, 3.63) is 11.9 Å². The molecule has 2 rings (SSSR count). The van der Waals surface area contributed by atoms with E-state index in [1.54, 1.807) is 0 Å². The molecule has 17 heavy (non-hydrogen) atoms. The molecule has 1 atom stereocenters. The fourth-order valence-corrected chi connectivity index (χ4v) is 1.95. The van der Waals surface area contributed by atoms with Gasteiger partial charge in [0.2, 0.25) is 0 Å². The summed E-state index contributed by atoms with van der Waals surface area (Å²) < 4.78 is 0. The van der Waals surface area contributed by atoms with Gasteiger partial charge in [-0.05, 0) is 6.42 Å². The van der Waals surface area contributed by atoms with Gasteiger partial charge in [-0.2, -0.15) is 0 Å². The summed E-state index contributed by atoms with van der Waals surface area (Å²) in [6.45, 7) is 5.69. The van der Waals surface area contributed by atoms with Gasteiger partial charge in [-0.25, -0.2) is 9.97 Å². The molecule has 0 spiro atoms. The molecule has 0 bridgehead atoms. The summed E-state index contributed by atoms with van der Waals surface area (Å²) in [4.78, 5) is 11.1. The van der Waals surface area contributed by atoms with Crippen LogP contribution in [0.1, 0.15) is 32.0 Å². The molecular weight excluding hydrogens is 216 g/mol. The van der Waals surface area contributed by atoms with Crippen molar-refractivity contribution in [3.8, 4) is 0 Å². The van der Waals surface area contributed by atoms with Crippen molar-refractivity contribution in [2.24, 2.45) is 0 Å². The minimum absolute atomic E-state index is 0.231. The first kappa shape index (κ1) is 12.1. The molecule has 0 aromatic carbocycles. The lowest BCUT2D eigenvalue weighted by Crippen LogP contribution is -2.23. The molecule has 0 radical (unpaired) electrons. The van der Waals surface area contributed by atoms with Crippen LogP contribution in [0.2, 0.25) is 0 Å². The van der Waals surface area contributed by atoms with Crippen molar-refractivity contribution in [1.29, 1.82) is 0 Å². The zero-order valence-corrected chi connectivity index (χ0v) is 10.6. The quantitative estimate of drug-likeness (QED) is 0.826. The van der Waals surface area contributed by atoms with Gasteiger partial charge >= 0.3 is 0 Å². The van der Waals surface area contributed by atoms with Crippen molar-refractivity contribution in [1.82, 2.24) is 9.97 Å². The van der Waals surface area contributed by atoms with E-state index >= 15 is 0 Å². The minimum atomic E-state index is -0.231. The molecule has 1 aliphatic heterocycles.